The Morgan fingerprint density at radius 1 is 0.733 bits per heavy atom. The summed E-state index contributed by atoms with van der Waals surface area (Å²) in [5.74, 6) is -0.593. The molecule has 6 aliphatic carbocycles. The first-order valence-corrected chi connectivity index (χ1v) is 17.6. The van der Waals surface area contributed by atoms with E-state index in [1.807, 2.05) is 13.8 Å². The van der Waals surface area contributed by atoms with Crippen LogP contribution in [0.1, 0.15) is 126 Å². The van der Waals surface area contributed by atoms with Gasteiger partial charge in [0.2, 0.25) is 0 Å². The standard InChI is InChI=1S/C38H58O6.Na/c1-21(2)22-12-17-38(32(42)43)19-18-36(8)23(29(22)38)10-11-27-35(7)15-14-28(34(5,6)26(35)13-16-37(27,36)9)44-31(41)25-20-24(30(39)40)33(25,3)4;/h22-29H,1,10-20H2,2-9H3,(H,39,40)(H,42,43);/q;+1/t22-,23?,24+,25-,26?,27?,28-,29?,35-,36+,37+,38-;/m0./s1. The van der Waals surface area contributed by atoms with Gasteiger partial charge in [-0.05, 0) is 129 Å². The molecule has 6 saturated carbocycles. The summed E-state index contributed by atoms with van der Waals surface area (Å²) < 4.78 is 6.35. The second-order valence-electron chi connectivity index (χ2n) is 18.4. The van der Waals surface area contributed by atoms with Gasteiger partial charge in [0.1, 0.15) is 6.10 Å². The van der Waals surface area contributed by atoms with E-state index >= 15 is 0 Å². The summed E-state index contributed by atoms with van der Waals surface area (Å²) >= 11 is 0. The van der Waals surface area contributed by atoms with Crippen molar-refractivity contribution in [3.05, 3.63) is 12.2 Å². The largest absolute Gasteiger partial charge is 1.00 e. The van der Waals surface area contributed by atoms with Crippen LogP contribution in [-0.2, 0) is 19.1 Å². The molecule has 0 bridgehead atoms. The van der Waals surface area contributed by atoms with E-state index in [2.05, 4.69) is 48.1 Å². The number of rotatable bonds is 5. The number of hydrogen-bond donors (Lipinski definition) is 2. The zero-order chi connectivity index (χ0) is 32.4. The molecule has 0 aromatic heterocycles. The van der Waals surface area contributed by atoms with Gasteiger partial charge >= 0.3 is 47.5 Å². The van der Waals surface area contributed by atoms with E-state index in [4.69, 9.17) is 4.74 Å². The Hall–Kier alpha value is -0.850. The number of esters is 1. The minimum Gasteiger partial charge on any atom is -0.481 e. The molecule has 6 aliphatic rings. The number of carboxylic acid groups (broad SMARTS) is 2. The topological polar surface area (TPSA) is 101 Å². The molecule has 0 radical (unpaired) electrons. The van der Waals surface area contributed by atoms with Crippen LogP contribution < -0.4 is 29.6 Å². The van der Waals surface area contributed by atoms with Crippen molar-refractivity contribution in [2.75, 3.05) is 0 Å². The number of hydrogen-bond acceptors (Lipinski definition) is 4. The molecule has 7 heteroatoms. The molecule has 45 heavy (non-hydrogen) atoms. The first-order chi connectivity index (χ1) is 20.3. The predicted octanol–water partition coefficient (Wildman–Crippen LogP) is 5.39. The van der Waals surface area contributed by atoms with Crippen molar-refractivity contribution in [2.24, 2.45) is 73.9 Å². The van der Waals surface area contributed by atoms with Crippen LogP contribution in [0, 0.1) is 73.9 Å². The molecule has 12 atom stereocenters. The van der Waals surface area contributed by atoms with Gasteiger partial charge in [0.15, 0.2) is 0 Å². The molecule has 6 nitrogen and oxygen atoms in total. The fourth-order valence-electron chi connectivity index (χ4n) is 13.7. The van der Waals surface area contributed by atoms with Gasteiger partial charge in [0.05, 0.1) is 17.3 Å². The van der Waals surface area contributed by atoms with Crippen molar-refractivity contribution < 1.29 is 58.9 Å². The number of fused-ring (bicyclic) bond motifs is 7. The van der Waals surface area contributed by atoms with Crippen molar-refractivity contribution in [1.82, 2.24) is 0 Å². The van der Waals surface area contributed by atoms with Crippen molar-refractivity contribution in [2.45, 2.75) is 132 Å². The van der Waals surface area contributed by atoms with E-state index in [1.54, 1.807) is 0 Å². The van der Waals surface area contributed by atoms with Gasteiger partial charge in [-0.25, -0.2) is 0 Å². The monoisotopic (exact) mass is 633 g/mol. The third kappa shape index (κ3) is 4.59. The van der Waals surface area contributed by atoms with Crippen LogP contribution in [0.5, 0.6) is 0 Å². The van der Waals surface area contributed by atoms with Crippen molar-refractivity contribution in [3.8, 4) is 0 Å². The Kier molecular flexibility index (Phi) is 8.74. The van der Waals surface area contributed by atoms with Gasteiger partial charge in [-0.15, -0.1) is 0 Å². The molecular formula is C38H58NaO6+. The van der Waals surface area contributed by atoms with Crippen LogP contribution >= 0.6 is 0 Å². The molecule has 0 spiro atoms. The second kappa shape index (κ2) is 11.1. The van der Waals surface area contributed by atoms with E-state index in [0.717, 1.165) is 64.2 Å². The summed E-state index contributed by atoms with van der Waals surface area (Å²) in [4.78, 5) is 38.1. The van der Waals surface area contributed by atoms with E-state index < -0.39 is 28.7 Å². The molecule has 0 aromatic rings. The predicted molar refractivity (Wildman–Crippen MR) is 169 cm³/mol. The van der Waals surface area contributed by atoms with Gasteiger partial charge in [-0.1, -0.05) is 60.6 Å². The number of allylic oxidation sites excluding steroid dienone is 1. The van der Waals surface area contributed by atoms with Crippen LogP contribution in [0.15, 0.2) is 12.2 Å². The SMILES string of the molecule is C=C(C)[C@@H]1CC[C@]2(C(=O)O)CC[C@]3(C)C(CCC4[C@@]5(C)CC[C@H](OC(=O)[C@@H]6C[C@H](C(=O)O)C6(C)C)C(C)(C)C5CC[C@]43C)C12.[Na+]. The fourth-order valence-corrected chi connectivity index (χ4v) is 13.7. The molecule has 2 N–H and O–H groups in total. The van der Waals surface area contributed by atoms with Crippen LogP contribution in [0.3, 0.4) is 0 Å². The summed E-state index contributed by atoms with van der Waals surface area (Å²) in [5.41, 5.74) is 0.166. The molecule has 6 fully saturated rings. The van der Waals surface area contributed by atoms with E-state index in [9.17, 15) is 24.6 Å². The Morgan fingerprint density at radius 3 is 1.98 bits per heavy atom. The molecule has 0 aliphatic heterocycles. The number of aliphatic carboxylic acids is 2. The molecule has 0 saturated heterocycles. The van der Waals surface area contributed by atoms with Crippen LogP contribution in [0.25, 0.3) is 0 Å². The smallest absolute Gasteiger partial charge is 0.481 e. The van der Waals surface area contributed by atoms with Gasteiger partial charge < -0.3 is 14.9 Å². The second-order valence-corrected chi connectivity index (χ2v) is 18.4. The average molecular weight is 634 g/mol. The number of carboxylic acids is 2. The summed E-state index contributed by atoms with van der Waals surface area (Å²) in [6.07, 6.45) is 10.1. The Morgan fingerprint density at radius 2 is 1.40 bits per heavy atom. The van der Waals surface area contributed by atoms with Gasteiger partial charge in [-0.2, -0.15) is 0 Å². The van der Waals surface area contributed by atoms with E-state index in [0.29, 0.717) is 30.1 Å². The molecular weight excluding hydrogens is 575 g/mol. The number of ether oxygens (including phenoxy) is 1. The number of carbonyl (C=O) groups is 3. The van der Waals surface area contributed by atoms with Crippen LogP contribution in [-0.4, -0.2) is 34.2 Å². The molecule has 4 unspecified atom stereocenters. The number of carbonyl (C=O) groups excluding carboxylic acids is 1. The first kappa shape index (κ1) is 35.5. The third-order valence-corrected chi connectivity index (χ3v) is 16.5. The molecule has 0 aromatic carbocycles. The first-order valence-electron chi connectivity index (χ1n) is 17.6. The Balaban J connectivity index is 0.00000400. The molecule has 246 valence electrons. The maximum Gasteiger partial charge on any atom is 1.00 e. The molecule has 6 rings (SSSR count). The van der Waals surface area contributed by atoms with E-state index in [-0.39, 0.29) is 75.1 Å². The maximum absolute atomic E-state index is 13.5. The average Bonchev–Trinajstić information content (AvgIpc) is 3.31. The Bertz CT molecular complexity index is 1270. The zero-order valence-corrected chi connectivity index (χ0v) is 31.6. The minimum absolute atomic E-state index is 0. The fraction of sp³-hybridized carbons (Fsp3) is 0.868. The van der Waals surface area contributed by atoms with Gasteiger partial charge in [0.25, 0.3) is 0 Å². The summed E-state index contributed by atoms with van der Waals surface area (Å²) in [6, 6.07) is 0. The van der Waals surface area contributed by atoms with Crippen molar-refractivity contribution in [1.29, 1.82) is 0 Å². The van der Waals surface area contributed by atoms with E-state index in [1.165, 1.54) is 5.57 Å². The van der Waals surface area contributed by atoms with Gasteiger partial charge in [-0.3, -0.25) is 14.4 Å². The third-order valence-electron chi connectivity index (χ3n) is 16.5. The minimum atomic E-state index is -0.823. The summed E-state index contributed by atoms with van der Waals surface area (Å²) in [7, 11) is 0. The van der Waals surface area contributed by atoms with Crippen LogP contribution in [0.4, 0.5) is 0 Å². The van der Waals surface area contributed by atoms with Crippen molar-refractivity contribution in [3.63, 3.8) is 0 Å². The maximum atomic E-state index is 13.5. The quantitative estimate of drug-likeness (QED) is 0.239. The zero-order valence-electron chi connectivity index (χ0n) is 29.6. The summed E-state index contributed by atoms with van der Waals surface area (Å²) in [5, 5.41) is 20.2. The van der Waals surface area contributed by atoms with Gasteiger partial charge in [0, 0.05) is 5.41 Å². The van der Waals surface area contributed by atoms with Crippen molar-refractivity contribution >= 4 is 17.9 Å². The molecule has 0 heterocycles. The van der Waals surface area contributed by atoms with Crippen LogP contribution in [0.2, 0.25) is 0 Å². The normalized spacial score (nSPS) is 49.0. The molecule has 0 amide bonds. The summed E-state index contributed by atoms with van der Waals surface area (Å²) in [6.45, 7) is 22.5. The Labute approximate surface area is 293 Å².